The number of allylic oxidation sites excluding steroid dienone is 3. The van der Waals surface area contributed by atoms with Gasteiger partial charge in [0.25, 0.3) is 0 Å². The minimum atomic E-state index is -2.36. The van der Waals surface area contributed by atoms with Crippen molar-refractivity contribution in [1.29, 1.82) is 0 Å². The van der Waals surface area contributed by atoms with E-state index >= 15 is 0 Å². The lowest BCUT2D eigenvalue weighted by atomic mass is 10.0. The quantitative estimate of drug-likeness (QED) is 0.670. The monoisotopic (exact) mass is 205 g/mol. The molecule has 0 aromatic rings. The van der Waals surface area contributed by atoms with Gasteiger partial charge in [0, 0.05) is 25.9 Å². The van der Waals surface area contributed by atoms with Gasteiger partial charge >= 0.3 is 0 Å². The van der Waals surface area contributed by atoms with Crippen molar-refractivity contribution in [3.05, 3.63) is 35.2 Å². The molecule has 0 saturated heterocycles. The van der Waals surface area contributed by atoms with Gasteiger partial charge in [-0.05, 0) is 11.1 Å². The van der Waals surface area contributed by atoms with Crippen LogP contribution in [-0.4, -0.2) is 18.4 Å². The van der Waals surface area contributed by atoms with Crippen LogP contribution in [0.15, 0.2) is 35.2 Å². The molecular formula is C9H10ClF2N. The summed E-state index contributed by atoms with van der Waals surface area (Å²) in [6, 6.07) is 0. The second-order valence-corrected chi connectivity index (χ2v) is 3.28. The molecule has 4 heteroatoms. The Morgan fingerprint density at radius 3 is 2.69 bits per heavy atom. The van der Waals surface area contributed by atoms with E-state index in [1.54, 1.807) is 24.3 Å². The Bertz CT molecular complexity index is 281. The molecule has 0 fully saturated rings. The lowest BCUT2D eigenvalue weighted by Gasteiger charge is -2.20. The largest absolute Gasteiger partial charge is 0.355 e. The van der Waals surface area contributed by atoms with Crippen LogP contribution in [0.2, 0.25) is 0 Å². The van der Waals surface area contributed by atoms with Crippen molar-refractivity contribution in [3.63, 3.8) is 0 Å². The van der Waals surface area contributed by atoms with Gasteiger partial charge < -0.3 is 4.90 Å². The van der Waals surface area contributed by atoms with Crippen molar-refractivity contribution >= 4 is 11.6 Å². The maximum Gasteiger partial charge on any atom is 0.242 e. The van der Waals surface area contributed by atoms with E-state index in [4.69, 9.17) is 11.6 Å². The van der Waals surface area contributed by atoms with Crippen molar-refractivity contribution in [1.82, 2.24) is 4.90 Å². The number of hydrogen-bond donors (Lipinski definition) is 0. The zero-order chi connectivity index (χ0) is 10.0. The first-order valence-electron chi connectivity index (χ1n) is 3.78. The molecule has 0 aliphatic carbocycles. The van der Waals surface area contributed by atoms with Gasteiger partial charge in [-0.3, -0.25) is 0 Å². The Balaban J connectivity index is 2.80. The Morgan fingerprint density at radius 2 is 2.15 bits per heavy atom. The molecule has 1 rings (SSSR count). The Hall–Kier alpha value is -0.830. The summed E-state index contributed by atoms with van der Waals surface area (Å²) in [5, 5.41) is 0.417. The molecule has 0 N–H and O–H groups in total. The first-order valence-corrected chi connectivity index (χ1v) is 4.16. The van der Waals surface area contributed by atoms with Gasteiger partial charge in [0.05, 0.1) is 5.03 Å². The van der Waals surface area contributed by atoms with Crippen LogP contribution in [0.1, 0.15) is 6.42 Å². The van der Waals surface area contributed by atoms with Crippen LogP contribution < -0.4 is 0 Å². The topological polar surface area (TPSA) is 3.24 Å². The van der Waals surface area contributed by atoms with Crippen molar-refractivity contribution in [3.8, 4) is 0 Å². The molecule has 0 saturated carbocycles. The number of nitrogens with zero attached hydrogens (tertiary/aromatic N) is 1. The van der Waals surface area contributed by atoms with Gasteiger partial charge in [0.2, 0.25) is 6.43 Å². The molecule has 0 aromatic heterocycles. The van der Waals surface area contributed by atoms with Gasteiger partial charge in [-0.15, -0.1) is 0 Å². The molecule has 0 amide bonds. The van der Waals surface area contributed by atoms with Gasteiger partial charge in [-0.1, -0.05) is 18.2 Å². The summed E-state index contributed by atoms with van der Waals surface area (Å²) >= 11 is 5.77. The van der Waals surface area contributed by atoms with E-state index < -0.39 is 6.43 Å². The van der Waals surface area contributed by atoms with Crippen LogP contribution in [0.3, 0.4) is 0 Å². The first kappa shape index (κ1) is 10.3. The maximum absolute atomic E-state index is 12.1. The molecule has 13 heavy (non-hydrogen) atoms. The predicted molar refractivity (Wildman–Crippen MR) is 49.5 cm³/mol. The summed E-state index contributed by atoms with van der Waals surface area (Å²) in [6.07, 6.45) is 0.589. The smallest absolute Gasteiger partial charge is 0.242 e. The molecule has 0 bridgehead atoms. The number of alkyl halides is 2. The second-order valence-electron chi connectivity index (χ2n) is 2.87. The zero-order valence-electron chi connectivity index (χ0n) is 7.23. The van der Waals surface area contributed by atoms with Gasteiger partial charge in [0.1, 0.15) is 0 Å². The molecule has 0 atom stereocenters. The van der Waals surface area contributed by atoms with Crippen LogP contribution in [0.25, 0.3) is 0 Å². The summed E-state index contributed by atoms with van der Waals surface area (Å²) < 4.78 is 24.2. The van der Waals surface area contributed by atoms with Crippen LogP contribution >= 0.6 is 11.6 Å². The summed E-state index contributed by atoms with van der Waals surface area (Å²) in [5.41, 5.74) is 0.977. The van der Waals surface area contributed by atoms with Gasteiger partial charge in [-0.2, -0.15) is 0 Å². The van der Waals surface area contributed by atoms with E-state index in [1.165, 1.54) is 0 Å². The van der Waals surface area contributed by atoms with E-state index in [1.807, 2.05) is 0 Å². The van der Waals surface area contributed by atoms with Gasteiger partial charge in [0.15, 0.2) is 0 Å². The highest BCUT2D eigenvalue weighted by Crippen LogP contribution is 2.29. The highest BCUT2D eigenvalue weighted by atomic mass is 35.5. The highest BCUT2D eigenvalue weighted by molar-refractivity contribution is 6.32. The molecule has 0 aromatic carbocycles. The maximum atomic E-state index is 12.1. The summed E-state index contributed by atoms with van der Waals surface area (Å²) in [4.78, 5) is 1.65. The third-order valence-corrected chi connectivity index (χ3v) is 2.05. The lowest BCUT2D eigenvalue weighted by Crippen LogP contribution is -2.11. The van der Waals surface area contributed by atoms with Crippen LogP contribution in [-0.2, 0) is 0 Å². The fourth-order valence-corrected chi connectivity index (χ4v) is 1.39. The van der Waals surface area contributed by atoms with E-state index in [0.717, 1.165) is 0 Å². The molecule has 72 valence electrons. The number of halogens is 3. The minimum Gasteiger partial charge on any atom is -0.355 e. The molecule has 1 nitrogen and oxygen atoms in total. The SMILES string of the molecule is C=C1C(Cl)=CN(C)C=C1CC(F)F. The summed E-state index contributed by atoms with van der Waals surface area (Å²) in [5.74, 6) is 0. The minimum absolute atomic E-state index is 0.298. The van der Waals surface area contributed by atoms with Crippen LogP contribution in [0, 0.1) is 0 Å². The zero-order valence-corrected chi connectivity index (χ0v) is 7.98. The van der Waals surface area contributed by atoms with Crippen molar-refractivity contribution in [2.45, 2.75) is 12.8 Å². The molecular weight excluding hydrogens is 196 g/mol. The van der Waals surface area contributed by atoms with Crippen molar-refractivity contribution in [2.75, 3.05) is 7.05 Å². The Kier molecular flexibility index (Phi) is 3.09. The van der Waals surface area contributed by atoms with E-state index in [0.29, 0.717) is 16.2 Å². The summed E-state index contributed by atoms with van der Waals surface area (Å²) in [6.45, 7) is 3.64. The third-order valence-electron chi connectivity index (χ3n) is 1.73. The molecule has 0 spiro atoms. The van der Waals surface area contributed by atoms with Crippen molar-refractivity contribution < 1.29 is 8.78 Å². The number of rotatable bonds is 2. The fraction of sp³-hybridized carbons (Fsp3) is 0.333. The van der Waals surface area contributed by atoms with Crippen LogP contribution in [0.4, 0.5) is 8.78 Å². The summed E-state index contributed by atoms with van der Waals surface area (Å²) in [7, 11) is 1.74. The number of hydrogen-bond acceptors (Lipinski definition) is 1. The molecule has 1 aliphatic heterocycles. The fourth-order valence-electron chi connectivity index (χ4n) is 1.11. The molecule has 0 radical (unpaired) electrons. The van der Waals surface area contributed by atoms with E-state index in [2.05, 4.69) is 6.58 Å². The Labute approximate surface area is 81.0 Å². The third kappa shape index (κ3) is 2.56. The van der Waals surface area contributed by atoms with E-state index in [-0.39, 0.29) is 6.42 Å². The average Bonchev–Trinajstić information content (AvgIpc) is 1.98. The van der Waals surface area contributed by atoms with Gasteiger partial charge in [-0.25, -0.2) is 8.78 Å². The second kappa shape index (κ2) is 3.92. The molecule has 1 heterocycles. The predicted octanol–water partition coefficient (Wildman–Crippen LogP) is 3.11. The first-order chi connectivity index (χ1) is 6.00. The normalized spacial score (nSPS) is 17.6. The van der Waals surface area contributed by atoms with E-state index in [9.17, 15) is 8.78 Å². The molecule has 1 aliphatic rings. The highest BCUT2D eigenvalue weighted by Gasteiger charge is 2.16. The lowest BCUT2D eigenvalue weighted by molar-refractivity contribution is 0.149. The Morgan fingerprint density at radius 1 is 1.54 bits per heavy atom. The molecule has 0 unspecified atom stereocenters. The van der Waals surface area contributed by atoms with Crippen molar-refractivity contribution in [2.24, 2.45) is 0 Å². The van der Waals surface area contributed by atoms with Crippen LogP contribution in [0.5, 0.6) is 0 Å². The standard InChI is InChI=1S/C9H10ClF2N/c1-6-7(3-9(11)12)4-13(2)5-8(6)10/h4-5,9H,1,3H2,2H3. The average molecular weight is 206 g/mol.